The van der Waals surface area contributed by atoms with Crippen molar-refractivity contribution in [2.24, 2.45) is 11.7 Å². The number of amides is 2. The molecular formula is C30H23F6N5O3. The third-order valence-electron chi connectivity index (χ3n) is 7.90. The molecule has 2 aromatic carbocycles. The number of benzene rings is 2. The van der Waals surface area contributed by atoms with Gasteiger partial charge in [-0.2, -0.15) is 18.3 Å². The Morgan fingerprint density at radius 3 is 2.50 bits per heavy atom. The van der Waals surface area contributed by atoms with Gasteiger partial charge in [0, 0.05) is 23.4 Å². The van der Waals surface area contributed by atoms with Crippen LogP contribution in [0.25, 0.3) is 11.1 Å². The van der Waals surface area contributed by atoms with Crippen molar-refractivity contribution in [3.05, 3.63) is 106 Å². The average Bonchev–Trinajstić information content (AvgIpc) is 3.56. The summed E-state index contributed by atoms with van der Waals surface area (Å²) in [7, 11) is 0. The molecule has 8 nitrogen and oxygen atoms in total. The van der Waals surface area contributed by atoms with E-state index in [1.54, 1.807) is 6.07 Å². The highest BCUT2D eigenvalue weighted by Crippen LogP contribution is 2.63. The third-order valence-corrected chi connectivity index (χ3v) is 7.90. The maximum Gasteiger partial charge on any atom is 0.435 e. The van der Waals surface area contributed by atoms with Gasteiger partial charge in [-0.3, -0.25) is 19.3 Å². The zero-order valence-electron chi connectivity index (χ0n) is 22.6. The number of pyridine rings is 1. The van der Waals surface area contributed by atoms with Crippen molar-refractivity contribution in [1.29, 1.82) is 0 Å². The molecule has 6 rings (SSSR count). The number of nitrogens with one attached hydrogen (secondary N) is 1. The molecule has 4 atom stereocenters. The number of aromatic nitrogens is 3. The van der Waals surface area contributed by atoms with Gasteiger partial charge in [-0.05, 0) is 66.1 Å². The molecule has 228 valence electrons. The predicted octanol–water partition coefficient (Wildman–Crippen LogP) is 4.73. The fraction of sp³-hybridized carbons (Fsp3) is 0.267. The van der Waals surface area contributed by atoms with Crippen LogP contribution in [0.2, 0.25) is 0 Å². The Morgan fingerprint density at radius 2 is 1.82 bits per heavy atom. The van der Waals surface area contributed by atoms with E-state index in [9.17, 15) is 41.0 Å². The molecule has 2 amide bonds. The molecule has 0 spiro atoms. The van der Waals surface area contributed by atoms with Crippen LogP contribution in [0.15, 0.2) is 54.7 Å². The number of hydrogen-bond acceptors (Lipinski definition) is 5. The lowest BCUT2D eigenvalue weighted by molar-refractivity contribution is -0.142. The monoisotopic (exact) mass is 615 g/mol. The first-order valence-corrected chi connectivity index (χ1v) is 13.5. The molecule has 2 heterocycles. The lowest BCUT2D eigenvalue weighted by Crippen LogP contribution is -2.34. The summed E-state index contributed by atoms with van der Waals surface area (Å²) in [4.78, 5) is 29.5. The number of aliphatic hydroxyl groups excluding tert-OH is 1. The van der Waals surface area contributed by atoms with Crippen molar-refractivity contribution in [2.75, 3.05) is 0 Å². The average molecular weight is 616 g/mol. The van der Waals surface area contributed by atoms with E-state index in [1.807, 2.05) is 0 Å². The molecule has 0 saturated heterocycles. The summed E-state index contributed by atoms with van der Waals surface area (Å²) in [6.07, 6.45) is -4.45. The first-order valence-electron chi connectivity index (χ1n) is 13.5. The van der Waals surface area contributed by atoms with Crippen LogP contribution in [0, 0.1) is 23.4 Å². The Labute approximate surface area is 245 Å². The molecule has 4 aromatic rings. The van der Waals surface area contributed by atoms with E-state index >= 15 is 0 Å². The Balaban J connectivity index is 1.37. The quantitative estimate of drug-likeness (QED) is 0.248. The number of nitrogens with zero attached hydrogens (tertiary/aromatic N) is 3. The molecule has 0 bridgehead atoms. The van der Waals surface area contributed by atoms with Crippen LogP contribution in [0.1, 0.15) is 63.1 Å². The largest absolute Gasteiger partial charge is 0.435 e. The van der Waals surface area contributed by atoms with Gasteiger partial charge in [-0.15, -0.1) is 0 Å². The molecule has 2 aromatic heterocycles. The number of nitrogens with two attached hydrogens (primary N) is 1. The molecule has 44 heavy (non-hydrogen) atoms. The molecule has 1 fully saturated rings. The molecule has 1 saturated carbocycles. The summed E-state index contributed by atoms with van der Waals surface area (Å²) < 4.78 is 84.6. The number of halogens is 6. The van der Waals surface area contributed by atoms with Gasteiger partial charge in [-0.25, -0.2) is 13.2 Å². The van der Waals surface area contributed by atoms with Gasteiger partial charge in [0.1, 0.15) is 24.0 Å². The molecule has 14 heteroatoms. The summed E-state index contributed by atoms with van der Waals surface area (Å²) >= 11 is 0. The van der Waals surface area contributed by atoms with Gasteiger partial charge >= 0.3 is 6.18 Å². The minimum Gasteiger partial charge on any atom is -0.386 e. The van der Waals surface area contributed by atoms with Crippen LogP contribution in [0.3, 0.4) is 0 Å². The van der Waals surface area contributed by atoms with Crippen molar-refractivity contribution in [3.63, 3.8) is 0 Å². The smallest absolute Gasteiger partial charge is 0.386 e. The first kappa shape index (κ1) is 29.4. The standard InChI is InChI=1S/C30H23F6N5O3/c31-15-6-13(7-16(32)10-15)8-22(25-17(2-1-5-38-25)14-3-4-21(33)20(9-14)29(37)44)39-23(42)12-41-26-24(18-11-19(18)27(26)43)28(40-41)30(34,35)36/h1-7,9-10,18-19,22,27,43H,8,11-12H2,(H2,37,44)(H,39,42)/t18-,19+,22+,27+/m1/s1. The minimum atomic E-state index is -4.80. The number of hydrogen-bond donors (Lipinski definition) is 3. The number of carbonyl (C=O) groups excluding carboxylic acids is 2. The van der Waals surface area contributed by atoms with Gasteiger partial charge in [0.2, 0.25) is 5.91 Å². The molecule has 4 N–H and O–H groups in total. The van der Waals surface area contributed by atoms with E-state index in [1.165, 1.54) is 24.4 Å². The molecule has 2 aliphatic rings. The second-order valence-corrected chi connectivity index (χ2v) is 10.9. The van der Waals surface area contributed by atoms with Crippen LogP contribution in [0.4, 0.5) is 26.3 Å². The fourth-order valence-corrected chi connectivity index (χ4v) is 5.97. The number of aliphatic hydroxyl groups is 1. The normalized spacial score (nSPS) is 19.3. The third kappa shape index (κ3) is 5.41. The van der Waals surface area contributed by atoms with Gasteiger partial charge in [-0.1, -0.05) is 12.1 Å². The van der Waals surface area contributed by atoms with Crippen LogP contribution in [0.5, 0.6) is 0 Å². The lowest BCUT2D eigenvalue weighted by Gasteiger charge is -2.22. The summed E-state index contributed by atoms with van der Waals surface area (Å²) in [5, 5.41) is 16.9. The first-order chi connectivity index (χ1) is 20.8. The van der Waals surface area contributed by atoms with Crippen LogP contribution < -0.4 is 11.1 Å². The molecule has 0 radical (unpaired) electrons. The highest BCUT2D eigenvalue weighted by atomic mass is 19.4. The van der Waals surface area contributed by atoms with Crippen molar-refractivity contribution in [3.8, 4) is 11.1 Å². The Kier molecular flexibility index (Phi) is 7.19. The van der Waals surface area contributed by atoms with Crippen LogP contribution in [-0.4, -0.2) is 31.7 Å². The number of fused-ring (bicyclic) bond motifs is 3. The van der Waals surface area contributed by atoms with Gasteiger partial charge < -0.3 is 16.2 Å². The second-order valence-electron chi connectivity index (χ2n) is 10.9. The maximum atomic E-state index is 14.2. The molecule has 2 aliphatic carbocycles. The van der Waals surface area contributed by atoms with Gasteiger partial charge in [0.25, 0.3) is 5.91 Å². The molecule has 0 aliphatic heterocycles. The SMILES string of the molecule is NC(=O)c1cc(-c2cccnc2[C@H](Cc2cc(F)cc(F)c2)NC(=O)Cn2nc(C(F)(F)F)c3c2[C@@H](O)[C@H]2C[C@@H]32)ccc1F. The number of carbonyl (C=O) groups is 2. The zero-order chi connectivity index (χ0) is 31.5. The second kappa shape index (κ2) is 10.8. The topological polar surface area (TPSA) is 123 Å². The Hall–Kier alpha value is -4.72. The van der Waals surface area contributed by atoms with Crippen molar-refractivity contribution < 1.29 is 41.0 Å². The lowest BCUT2D eigenvalue weighted by atomic mass is 9.94. The van der Waals surface area contributed by atoms with Crippen molar-refractivity contribution in [2.45, 2.75) is 43.6 Å². The van der Waals surface area contributed by atoms with E-state index < -0.39 is 71.3 Å². The molecular weight excluding hydrogens is 592 g/mol. The predicted molar refractivity (Wildman–Crippen MR) is 142 cm³/mol. The maximum absolute atomic E-state index is 14.2. The van der Waals surface area contributed by atoms with E-state index in [0.717, 1.165) is 22.9 Å². The number of rotatable bonds is 8. The highest BCUT2D eigenvalue weighted by Gasteiger charge is 2.58. The number of alkyl halides is 3. The highest BCUT2D eigenvalue weighted by molar-refractivity contribution is 5.94. The Morgan fingerprint density at radius 1 is 1.09 bits per heavy atom. The summed E-state index contributed by atoms with van der Waals surface area (Å²) in [5.41, 5.74) is 4.43. The van der Waals surface area contributed by atoms with Crippen molar-refractivity contribution >= 4 is 11.8 Å². The van der Waals surface area contributed by atoms with Gasteiger partial charge in [0.05, 0.1) is 29.1 Å². The van der Waals surface area contributed by atoms with Crippen molar-refractivity contribution in [1.82, 2.24) is 20.1 Å². The van der Waals surface area contributed by atoms with Crippen LogP contribution in [-0.2, 0) is 23.9 Å². The summed E-state index contributed by atoms with van der Waals surface area (Å²) in [6, 6.07) is 8.30. The van der Waals surface area contributed by atoms with E-state index in [4.69, 9.17) is 5.73 Å². The number of primary amides is 1. The van der Waals surface area contributed by atoms with Gasteiger partial charge in [0.15, 0.2) is 5.69 Å². The summed E-state index contributed by atoms with van der Waals surface area (Å²) in [5.74, 6) is -5.33. The van der Waals surface area contributed by atoms with E-state index in [-0.39, 0.29) is 40.4 Å². The fourth-order valence-electron chi connectivity index (χ4n) is 5.97. The summed E-state index contributed by atoms with van der Waals surface area (Å²) in [6.45, 7) is -0.701. The molecule has 0 unspecified atom stereocenters. The Bertz CT molecular complexity index is 1790. The van der Waals surface area contributed by atoms with Crippen LogP contribution >= 0.6 is 0 Å². The minimum absolute atomic E-state index is 0.0682. The van der Waals surface area contributed by atoms with E-state index in [0.29, 0.717) is 18.1 Å². The zero-order valence-corrected chi connectivity index (χ0v) is 22.6. The van der Waals surface area contributed by atoms with E-state index in [2.05, 4.69) is 15.4 Å².